The van der Waals surface area contributed by atoms with E-state index >= 15 is 0 Å². The van der Waals surface area contributed by atoms with Crippen LogP contribution in [-0.2, 0) is 0 Å². The van der Waals surface area contributed by atoms with Crippen LogP contribution in [-0.4, -0.2) is 4.98 Å². The number of hydrogen-bond donors (Lipinski definition) is 1. The Bertz CT molecular complexity index is 587. The standard InChI is InChI=1S/C13H10BrN3/c1-9-4-12(8-16-7-9)17-13-3-2-11(14)5-10(13)6-15/h2-5,7-8,17H,1H3. The smallest absolute Gasteiger partial charge is 0.101 e. The van der Waals surface area contributed by atoms with Gasteiger partial charge in [0.15, 0.2) is 0 Å². The molecule has 17 heavy (non-hydrogen) atoms. The molecule has 0 unspecified atom stereocenters. The van der Waals surface area contributed by atoms with Gasteiger partial charge in [0.05, 0.1) is 23.1 Å². The third-order valence-corrected chi connectivity index (χ3v) is 2.75. The highest BCUT2D eigenvalue weighted by molar-refractivity contribution is 9.10. The van der Waals surface area contributed by atoms with Crippen LogP contribution in [0.15, 0.2) is 41.1 Å². The fourth-order valence-electron chi connectivity index (χ4n) is 1.50. The van der Waals surface area contributed by atoms with Crippen LogP contribution in [0.3, 0.4) is 0 Å². The molecule has 0 amide bonds. The van der Waals surface area contributed by atoms with Gasteiger partial charge in [-0.3, -0.25) is 4.98 Å². The molecule has 0 atom stereocenters. The maximum Gasteiger partial charge on any atom is 0.101 e. The van der Waals surface area contributed by atoms with Gasteiger partial charge in [-0.1, -0.05) is 15.9 Å². The van der Waals surface area contributed by atoms with E-state index in [2.05, 4.69) is 32.3 Å². The number of nitrogens with zero attached hydrogens (tertiary/aromatic N) is 2. The van der Waals surface area contributed by atoms with Crippen LogP contribution in [0.4, 0.5) is 11.4 Å². The largest absolute Gasteiger partial charge is 0.353 e. The van der Waals surface area contributed by atoms with Gasteiger partial charge in [0.2, 0.25) is 0 Å². The number of pyridine rings is 1. The summed E-state index contributed by atoms with van der Waals surface area (Å²) in [4.78, 5) is 4.10. The average molecular weight is 288 g/mol. The van der Waals surface area contributed by atoms with Crippen molar-refractivity contribution in [3.63, 3.8) is 0 Å². The molecule has 1 N–H and O–H groups in total. The van der Waals surface area contributed by atoms with Crippen LogP contribution in [0.5, 0.6) is 0 Å². The van der Waals surface area contributed by atoms with E-state index in [1.165, 1.54) is 0 Å². The van der Waals surface area contributed by atoms with Gasteiger partial charge < -0.3 is 5.32 Å². The minimum atomic E-state index is 0.598. The van der Waals surface area contributed by atoms with Crippen LogP contribution >= 0.6 is 15.9 Å². The average Bonchev–Trinajstić information content (AvgIpc) is 2.31. The molecule has 0 aliphatic rings. The lowest BCUT2D eigenvalue weighted by molar-refractivity contribution is 1.26. The molecule has 0 fully saturated rings. The molecule has 1 aromatic heterocycles. The zero-order valence-electron chi connectivity index (χ0n) is 9.24. The molecule has 2 rings (SSSR count). The molecule has 0 aliphatic carbocycles. The molecular weight excluding hydrogens is 278 g/mol. The number of nitrogens with one attached hydrogen (secondary N) is 1. The van der Waals surface area contributed by atoms with E-state index in [1.54, 1.807) is 18.5 Å². The van der Waals surface area contributed by atoms with Crippen molar-refractivity contribution >= 4 is 27.3 Å². The molecule has 1 aromatic carbocycles. The number of nitriles is 1. The van der Waals surface area contributed by atoms with Crippen molar-refractivity contribution in [1.82, 2.24) is 4.98 Å². The van der Waals surface area contributed by atoms with E-state index in [1.807, 2.05) is 25.1 Å². The van der Waals surface area contributed by atoms with Gasteiger partial charge >= 0.3 is 0 Å². The molecule has 3 nitrogen and oxygen atoms in total. The highest BCUT2D eigenvalue weighted by atomic mass is 79.9. The van der Waals surface area contributed by atoms with Crippen LogP contribution < -0.4 is 5.32 Å². The first kappa shape index (κ1) is 11.6. The van der Waals surface area contributed by atoms with Crippen molar-refractivity contribution in [2.45, 2.75) is 6.92 Å². The highest BCUT2D eigenvalue weighted by Crippen LogP contribution is 2.23. The summed E-state index contributed by atoms with van der Waals surface area (Å²) in [5.41, 5.74) is 3.33. The lowest BCUT2D eigenvalue weighted by Gasteiger charge is -2.08. The van der Waals surface area contributed by atoms with Crippen molar-refractivity contribution in [3.8, 4) is 6.07 Å². The maximum absolute atomic E-state index is 9.05. The second-order valence-corrected chi connectivity index (χ2v) is 4.59. The van der Waals surface area contributed by atoms with Gasteiger partial charge in [0.1, 0.15) is 6.07 Å². The molecule has 0 saturated carbocycles. The van der Waals surface area contributed by atoms with Crippen molar-refractivity contribution in [2.24, 2.45) is 0 Å². The summed E-state index contributed by atoms with van der Waals surface area (Å²) in [6, 6.07) is 9.69. The Balaban J connectivity index is 2.34. The molecule has 2 aromatic rings. The molecule has 0 bridgehead atoms. The second-order valence-electron chi connectivity index (χ2n) is 3.68. The Morgan fingerprint density at radius 1 is 1.29 bits per heavy atom. The normalized spacial score (nSPS) is 9.71. The maximum atomic E-state index is 9.05. The Morgan fingerprint density at radius 3 is 2.82 bits per heavy atom. The molecule has 84 valence electrons. The molecule has 0 spiro atoms. The SMILES string of the molecule is Cc1cncc(Nc2ccc(Br)cc2C#N)c1. The monoisotopic (exact) mass is 287 g/mol. The summed E-state index contributed by atoms with van der Waals surface area (Å²) in [5.74, 6) is 0. The van der Waals surface area contributed by atoms with Gasteiger partial charge in [0, 0.05) is 10.7 Å². The molecule has 1 heterocycles. The van der Waals surface area contributed by atoms with E-state index in [4.69, 9.17) is 5.26 Å². The second kappa shape index (κ2) is 4.98. The predicted molar refractivity (Wildman–Crippen MR) is 71.1 cm³/mol. The highest BCUT2D eigenvalue weighted by Gasteiger charge is 2.03. The first-order chi connectivity index (χ1) is 8.19. The van der Waals surface area contributed by atoms with E-state index in [0.29, 0.717) is 5.56 Å². The van der Waals surface area contributed by atoms with Crippen molar-refractivity contribution in [2.75, 3.05) is 5.32 Å². The number of aromatic nitrogens is 1. The topological polar surface area (TPSA) is 48.7 Å². The third kappa shape index (κ3) is 2.83. The minimum absolute atomic E-state index is 0.598. The van der Waals surface area contributed by atoms with Gasteiger partial charge in [-0.2, -0.15) is 5.26 Å². The van der Waals surface area contributed by atoms with E-state index in [-0.39, 0.29) is 0 Å². The lowest BCUT2D eigenvalue weighted by Crippen LogP contribution is -1.94. The zero-order valence-corrected chi connectivity index (χ0v) is 10.8. The lowest BCUT2D eigenvalue weighted by atomic mass is 10.2. The van der Waals surface area contributed by atoms with Crippen LogP contribution in [0.1, 0.15) is 11.1 Å². The fourth-order valence-corrected chi connectivity index (χ4v) is 1.86. The Labute approximate surface area is 108 Å². The number of anilines is 2. The number of hydrogen-bond acceptors (Lipinski definition) is 3. The Morgan fingerprint density at radius 2 is 2.12 bits per heavy atom. The summed E-state index contributed by atoms with van der Waals surface area (Å²) in [7, 11) is 0. The first-order valence-electron chi connectivity index (χ1n) is 5.07. The van der Waals surface area contributed by atoms with Crippen LogP contribution in [0.2, 0.25) is 0 Å². The summed E-state index contributed by atoms with van der Waals surface area (Å²) in [5, 5.41) is 12.2. The minimum Gasteiger partial charge on any atom is -0.353 e. The Hall–Kier alpha value is -1.86. The zero-order chi connectivity index (χ0) is 12.3. The van der Waals surface area contributed by atoms with E-state index in [0.717, 1.165) is 21.4 Å². The van der Waals surface area contributed by atoms with E-state index in [9.17, 15) is 0 Å². The van der Waals surface area contributed by atoms with Crippen LogP contribution in [0, 0.1) is 18.3 Å². The molecule has 0 radical (unpaired) electrons. The number of halogens is 1. The first-order valence-corrected chi connectivity index (χ1v) is 5.86. The van der Waals surface area contributed by atoms with Crippen LogP contribution in [0.25, 0.3) is 0 Å². The van der Waals surface area contributed by atoms with Gasteiger partial charge in [-0.25, -0.2) is 0 Å². The summed E-state index contributed by atoms with van der Waals surface area (Å²) >= 11 is 3.34. The van der Waals surface area contributed by atoms with Crippen molar-refractivity contribution in [1.29, 1.82) is 5.26 Å². The molecular formula is C13H10BrN3. The fraction of sp³-hybridized carbons (Fsp3) is 0.0769. The molecule has 0 saturated heterocycles. The van der Waals surface area contributed by atoms with Crippen molar-refractivity contribution < 1.29 is 0 Å². The third-order valence-electron chi connectivity index (χ3n) is 2.26. The number of rotatable bonds is 2. The quantitative estimate of drug-likeness (QED) is 0.915. The number of benzene rings is 1. The van der Waals surface area contributed by atoms with Gasteiger partial charge in [-0.15, -0.1) is 0 Å². The summed E-state index contributed by atoms with van der Waals surface area (Å²) in [6.07, 6.45) is 3.52. The molecule has 0 aliphatic heterocycles. The predicted octanol–water partition coefficient (Wildman–Crippen LogP) is 3.77. The van der Waals surface area contributed by atoms with Gasteiger partial charge in [-0.05, 0) is 36.8 Å². The number of aryl methyl sites for hydroxylation is 1. The summed E-state index contributed by atoms with van der Waals surface area (Å²) in [6.45, 7) is 1.98. The van der Waals surface area contributed by atoms with E-state index < -0.39 is 0 Å². The molecule has 4 heteroatoms. The van der Waals surface area contributed by atoms with Crippen molar-refractivity contribution in [3.05, 3.63) is 52.3 Å². The van der Waals surface area contributed by atoms with Gasteiger partial charge in [0.25, 0.3) is 0 Å². The Kier molecular flexibility index (Phi) is 3.40. The summed E-state index contributed by atoms with van der Waals surface area (Å²) < 4.78 is 0.891.